The van der Waals surface area contributed by atoms with Gasteiger partial charge in [0.25, 0.3) is 0 Å². The van der Waals surface area contributed by atoms with E-state index in [1.54, 1.807) is 18.3 Å². The van der Waals surface area contributed by atoms with Crippen molar-refractivity contribution in [1.29, 1.82) is 0 Å². The lowest BCUT2D eigenvalue weighted by Gasteiger charge is -2.08. The second-order valence-corrected chi connectivity index (χ2v) is 6.05. The van der Waals surface area contributed by atoms with Gasteiger partial charge in [0.15, 0.2) is 0 Å². The van der Waals surface area contributed by atoms with Crippen LogP contribution in [0.2, 0.25) is 0 Å². The summed E-state index contributed by atoms with van der Waals surface area (Å²) in [6.07, 6.45) is 5.68. The zero-order chi connectivity index (χ0) is 18.8. The molecule has 0 atom stereocenters. The number of anilines is 1. The molecule has 0 saturated heterocycles. The van der Waals surface area contributed by atoms with Gasteiger partial charge in [-0.25, -0.2) is 18.7 Å². The van der Waals surface area contributed by atoms with Gasteiger partial charge in [0, 0.05) is 36.3 Å². The molecule has 4 aromatic heterocycles. The van der Waals surface area contributed by atoms with Crippen molar-refractivity contribution in [3.8, 4) is 0 Å². The van der Waals surface area contributed by atoms with Crippen LogP contribution < -0.4 is 5.32 Å². The molecule has 4 aromatic rings. The first-order chi connectivity index (χ1) is 13.1. The number of fused-ring (bicyclic) bond motifs is 1. The molecule has 27 heavy (non-hydrogen) atoms. The smallest absolute Gasteiger partial charge is 0.218 e. The van der Waals surface area contributed by atoms with Crippen LogP contribution in [0.4, 0.5) is 19.0 Å². The summed E-state index contributed by atoms with van der Waals surface area (Å²) in [5.74, 6) is -1.19. The topological polar surface area (TPSA) is 66.5 Å². The number of hydrogen-bond donors (Lipinski definition) is 2. The molecule has 0 spiro atoms. The van der Waals surface area contributed by atoms with Crippen molar-refractivity contribution in [2.45, 2.75) is 13.0 Å². The maximum Gasteiger partial charge on any atom is 0.218 e. The van der Waals surface area contributed by atoms with Gasteiger partial charge in [-0.3, -0.25) is 4.98 Å². The van der Waals surface area contributed by atoms with Gasteiger partial charge in [-0.2, -0.15) is 4.39 Å². The average molecular weight is 369 g/mol. The lowest BCUT2D eigenvalue weighted by molar-refractivity contribution is 0.571. The highest BCUT2D eigenvalue weighted by Crippen LogP contribution is 2.22. The van der Waals surface area contributed by atoms with Crippen molar-refractivity contribution < 1.29 is 13.2 Å². The Balaban J connectivity index is 1.50. The van der Waals surface area contributed by atoms with Gasteiger partial charge in [0.05, 0.1) is 12.4 Å². The molecule has 0 unspecified atom stereocenters. The first-order valence-electron chi connectivity index (χ1n) is 8.19. The second kappa shape index (κ2) is 7.06. The van der Waals surface area contributed by atoms with Crippen LogP contribution in [0.15, 0.2) is 49.1 Å². The number of pyridine rings is 3. The van der Waals surface area contributed by atoms with E-state index in [-0.39, 0.29) is 13.0 Å². The summed E-state index contributed by atoms with van der Waals surface area (Å²) in [4.78, 5) is 14.6. The minimum atomic E-state index is -0.629. The highest BCUT2D eigenvalue weighted by atomic mass is 19.1. The van der Waals surface area contributed by atoms with Gasteiger partial charge < -0.3 is 10.3 Å². The zero-order valence-electron chi connectivity index (χ0n) is 14.0. The van der Waals surface area contributed by atoms with E-state index in [0.717, 1.165) is 18.0 Å². The molecule has 0 aliphatic rings. The van der Waals surface area contributed by atoms with E-state index >= 15 is 0 Å². The Morgan fingerprint density at radius 3 is 2.63 bits per heavy atom. The number of aromatic amines is 1. The molecule has 4 rings (SSSR count). The van der Waals surface area contributed by atoms with Crippen LogP contribution in [-0.2, 0) is 13.0 Å². The van der Waals surface area contributed by atoms with Crippen molar-refractivity contribution >= 4 is 16.9 Å². The fourth-order valence-electron chi connectivity index (χ4n) is 2.82. The number of rotatable bonds is 5. The van der Waals surface area contributed by atoms with Gasteiger partial charge in [0.2, 0.25) is 5.95 Å². The highest BCUT2D eigenvalue weighted by Gasteiger charge is 2.11. The Morgan fingerprint density at radius 2 is 1.81 bits per heavy atom. The summed E-state index contributed by atoms with van der Waals surface area (Å²) < 4.78 is 40.9. The number of nitrogens with one attached hydrogen (secondary N) is 2. The third-order valence-electron chi connectivity index (χ3n) is 4.13. The Labute approximate surface area is 152 Å². The number of nitrogens with zero attached hydrogens (tertiary/aromatic N) is 3. The number of H-pyrrole nitrogens is 1. The molecule has 136 valence electrons. The quantitative estimate of drug-likeness (QED) is 0.523. The molecule has 0 amide bonds. The van der Waals surface area contributed by atoms with Crippen LogP contribution in [-0.4, -0.2) is 19.9 Å². The normalized spacial score (nSPS) is 11.1. The summed E-state index contributed by atoms with van der Waals surface area (Å²) >= 11 is 0. The van der Waals surface area contributed by atoms with Crippen LogP contribution in [0.3, 0.4) is 0 Å². The third kappa shape index (κ3) is 3.74. The number of halogens is 3. The fourth-order valence-corrected chi connectivity index (χ4v) is 2.82. The molecule has 0 radical (unpaired) electrons. The Hall–Kier alpha value is -3.42. The molecule has 0 aliphatic carbocycles. The number of hydrogen-bond acceptors (Lipinski definition) is 4. The van der Waals surface area contributed by atoms with E-state index < -0.39 is 17.6 Å². The van der Waals surface area contributed by atoms with Crippen molar-refractivity contribution in [2.75, 3.05) is 5.32 Å². The van der Waals surface area contributed by atoms with Crippen molar-refractivity contribution in [2.24, 2.45) is 0 Å². The average Bonchev–Trinajstić information content (AvgIpc) is 3.04. The maximum atomic E-state index is 14.4. The van der Waals surface area contributed by atoms with Crippen LogP contribution in [0.1, 0.15) is 16.7 Å². The SMILES string of the molecule is Fc1cncc(CNc2ccc(Cc3c[nH]c4ncc(F)cc34)c(F)n2)c1. The van der Waals surface area contributed by atoms with E-state index in [1.165, 1.54) is 18.3 Å². The minimum Gasteiger partial charge on any atom is -0.366 e. The van der Waals surface area contributed by atoms with Crippen molar-refractivity contribution in [3.63, 3.8) is 0 Å². The molecule has 8 heteroatoms. The predicted octanol–water partition coefficient (Wildman–Crippen LogP) is 3.97. The minimum absolute atomic E-state index is 0.248. The zero-order valence-corrected chi connectivity index (χ0v) is 14.0. The monoisotopic (exact) mass is 369 g/mol. The summed E-state index contributed by atoms with van der Waals surface area (Å²) in [6, 6.07) is 5.95. The molecule has 2 N–H and O–H groups in total. The molecule has 0 aromatic carbocycles. The lowest BCUT2D eigenvalue weighted by atomic mass is 10.1. The predicted molar refractivity (Wildman–Crippen MR) is 94.6 cm³/mol. The second-order valence-electron chi connectivity index (χ2n) is 6.05. The van der Waals surface area contributed by atoms with Gasteiger partial charge in [0.1, 0.15) is 23.1 Å². The van der Waals surface area contributed by atoms with E-state index in [9.17, 15) is 13.2 Å². The van der Waals surface area contributed by atoms with Crippen LogP contribution in [0.25, 0.3) is 11.0 Å². The first-order valence-corrected chi connectivity index (χ1v) is 8.19. The Kier molecular flexibility index (Phi) is 4.45. The summed E-state index contributed by atoms with van der Waals surface area (Å²) in [7, 11) is 0. The number of aromatic nitrogens is 4. The van der Waals surface area contributed by atoms with Gasteiger partial charge in [-0.15, -0.1) is 0 Å². The van der Waals surface area contributed by atoms with E-state index in [1.807, 2.05) is 0 Å². The van der Waals surface area contributed by atoms with E-state index in [4.69, 9.17) is 0 Å². The van der Waals surface area contributed by atoms with E-state index in [2.05, 4.69) is 25.3 Å². The van der Waals surface area contributed by atoms with Crippen LogP contribution >= 0.6 is 0 Å². The molecule has 0 aliphatic heterocycles. The summed E-state index contributed by atoms with van der Waals surface area (Å²) in [5.41, 5.74) is 2.26. The van der Waals surface area contributed by atoms with E-state index in [0.29, 0.717) is 28.0 Å². The third-order valence-corrected chi connectivity index (χ3v) is 4.13. The summed E-state index contributed by atoms with van der Waals surface area (Å²) in [6.45, 7) is 0.268. The molecule has 0 fully saturated rings. The van der Waals surface area contributed by atoms with Crippen LogP contribution in [0.5, 0.6) is 0 Å². The van der Waals surface area contributed by atoms with Crippen molar-refractivity contribution in [1.82, 2.24) is 19.9 Å². The van der Waals surface area contributed by atoms with Gasteiger partial charge >= 0.3 is 0 Å². The molecule has 0 bridgehead atoms. The molecule has 0 saturated carbocycles. The Bertz CT molecular complexity index is 1110. The maximum absolute atomic E-state index is 14.4. The van der Waals surface area contributed by atoms with Gasteiger partial charge in [-0.1, -0.05) is 6.07 Å². The summed E-state index contributed by atoms with van der Waals surface area (Å²) in [5, 5.41) is 3.54. The highest BCUT2D eigenvalue weighted by molar-refractivity contribution is 5.80. The molecule has 5 nitrogen and oxygen atoms in total. The lowest BCUT2D eigenvalue weighted by Crippen LogP contribution is -2.05. The first kappa shape index (κ1) is 17.0. The largest absolute Gasteiger partial charge is 0.366 e. The van der Waals surface area contributed by atoms with Crippen LogP contribution in [0, 0.1) is 17.6 Å². The molecule has 4 heterocycles. The Morgan fingerprint density at radius 1 is 0.963 bits per heavy atom. The van der Waals surface area contributed by atoms with Crippen molar-refractivity contribution in [3.05, 3.63) is 83.3 Å². The van der Waals surface area contributed by atoms with Gasteiger partial charge in [-0.05, 0) is 29.3 Å². The molecular formula is C19H14F3N5. The fraction of sp³-hybridized carbons (Fsp3) is 0.105. The standard InChI is InChI=1S/C19H14F3N5/c20-14-3-11(6-23-9-14)7-24-17-2-1-12(18(22)27-17)4-13-8-25-19-16(13)5-15(21)10-26-19/h1-3,5-6,8-10H,4,7H2,(H,24,27)(H,25,26). The molecular weight excluding hydrogens is 355 g/mol.